The van der Waals surface area contributed by atoms with E-state index < -0.39 is 0 Å². The molecule has 1 aromatic rings. The SMILES string of the molecule is COc1ccc(C)cc1CC(=O)C1(C)CCCNC1. The van der Waals surface area contributed by atoms with E-state index in [0.717, 1.165) is 42.8 Å². The number of benzene rings is 1. The molecular formula is C16H23NO2. The molecule has 3 nitrogen and oxygen atoms in total. The second kappa shape index (κ2) is 5.74. The fourth-order valence-electron chi connectivity index (χ4n) is 2.73. The van der Waals surface area contributed by atoms with Crippen molar-refractivity contribution >= 4 is 5.78 Å². The summed E-state index contributed by atoms with van der Waals surface area (Å²) in [6, 6.07) is 6.01. The zero-order chi connectivity index (χ0) is 13.9. The third-order valence-electron chi connectivity index (χ3n) is 4.06. The maximum Gasteiger partial charge on any atom is 0.144 e. The number of piperidine rings is 1. The molecular weight excluding hydrogens is 238 g/mol. The molecule has 0 radical (unpaired) electrons. The van der Waals surface area contributed by atoms with Gasteiger partial charge in [0.2, 0.25) is 0 Å². The molecule has 0 saturated carbocycles. The normalized spacial score (nSPS) is 23.1. The highest BCUT2D eigenvalue weighted by Gasteiger charge is 2.34. The number of aryl methyl sites for hydroxylation is 1. The van der Waals surface area contributed by atoms with Crippen molar-refractivity contribution in [2.24, 2.45) is 5.41 Å². The molecule has 0 aliphatic carbocycles. The van der Waals surface area contributed by atoms with Crippen LogP contribution in [0.5, 0.6) is 5.75 Å². The molecule has 0 aromatic heterocycles. The first-order chi connectivity index (χ1) is 9.05. The Morgan fingerprint density at radius 1 is 1.47 bits per heavy atom. The van der Waals surface area contributed by atoms with Crippen molar-refractivity contribution in [3.8, 4) is 5.75 Å². The summed E-state index contributed by atoms with van der Waals surface area (Å²) < 4.78 is 5.35. The van der Waals surface area contributed by atoms with Crippen molar-refractivity contribution in [1.82, 2.24) is 5.32 Å². The average molecular weight is 261 g/mol. The van der Waals surface area contributed by atoms with Crippen LogP contribution in [0.15, 0.2) is 18.2 Å². The van der Waals surface area contributed by atoms with Gasteiger partial charge in [0.05, 0.1) is 7.11 Å². The summed E-state index contributed by atoms with van der Waals surface area (Å²) >= 11 is 0. The Hall–Kier alpha value is -1.35. The summed E-state index contributed by atoms with van der Waals surface area (Å²) in [4.78, 5) is 12.6. The second-order valence-corrected chi connectivity index (χ2v) is 5.76. The molecule has 1 atom stereocenters. The standard InChI is InChI=1S/C16H23NO2/c1-12-5-6-14(19-3)13(9-12)10-15(18)16(2)7-4-8-17-11-16/h5-6,9,17H,4,7-8,10-11H2,1-3H3. The molecule has 1 aliphatic rings. The third kappa shape index (κ3) is 3.16. The van der Waals surface area contributed by atoms with Crippen molar-refractivity contribution in [1.29, 1.82) is 0 Å². The van der Waals surface area contributed by atoms with Gasteiger partial charge >= 0.3 is 0 Å². The molecule has 1 aliphatic heterocycles. The summed E-state index contributed by atoms with van der Waals surface area (Å²) in [5, 5.41) is 3.33. The number of rotatable bonds is 4. The Labute approximate surface area is 115 Å². The second-order valence-electron chi connectivity index (χ2n) is 5.76. The molecule has 0 bridgehead atoms. The van der Waals surface area contributed by atoms with Gasteiger partial charge in [-0.05, 0) is 32.4 Å². The van der Waals surface area contributed by atoms with Gasteiger partial charge in [0.15, 0.2) is 0 Å². The van der Waals surface area contributed by atoms with E-state index in [-0.39, 0.29) is 5.41 Å². The summed E-state index contributed by atoms with van der Waals surface area (Å²) in [6.45, 7) is 5.93. The monoisotopic (exact) mass is 261 g/mol. The Kier molecular flexibility index (Phi) is 4.25. The van der Waals surface area contributed by atoms with E-state index in [2.05, 4.69) is 18.3 Å². The number of hydrogen-bond donors (Lipinski definition) is 1. The van der Waals surface area contributed by atoms with Crippen LogP contribution in [0, 0.1) is 12.3 Å². The van der Waals surface area contributed by atoms with Crippen LogP contribution in [0.25, 0.3) is 0 Å². The molecule has 0 amide bonds. The number of hydrogen-bond acceptors (Lipinski definition) is 3. The van der Waals surface area contributed by atoms with Crippen LogP contribution in [0.3, 0.4) is 0 Å². The number of carbonyl (C=O) groups excluding carboxylic acids is 1. The first-order valence-corrected chi connectivity index (χ1v) is 6.93. The first kappa shape index (κ1) is 14.1. The van der Waals surface area contributed by atoms with E-state index in [9.17, 15) is 4.79 Å². The zero-order valence-corrected chi connectivity index (χ0v) is 12.1. The number of ketones is 1. The molecule has 1 fully saturated rings. The van der Waals surface area contributed by atoms with Crippen LogP contribution < -0.4 is 10.1 Å². The maximum absolute atomic E-state index is 12.6. The van der Waals surface area contributed by atoms with Gasteiger partial charge < -0.3 is 10.1 Å². The molecule has 1 aromatic carbocycles. The average Bonchev–Trinajstić information content (AvgIpc) is 2.40. The number of methoxy groups -OCH3 is 1. The van der Waals surface area contributed by atoms with Crippen molar-refractivity contribution in [2.75, 3.05) is 20.2 Å². The van der Waals surface area contributed by atoms with E-state index in [1.807, 2.05) is 19.1 Å². The van der Waals surface area contributed by atoms with Gasteiger partial charge in [-0.15, -0.1) is 0 Å². The molecule has 1 saturated heterocycles. The number of carbonyl (C=O) groups is 1. The number of Topliss-reactive ketones (excluding diaryl/α,β-unsaturated/α-hetero) is 1. The van der Waals surface area contributed by atoms with Crippen LogP contribution >= 0.6 is 0 Å². The summed E-state index contributed by atoms with van der Waals surface area (Å²) in [5.41, 5.74) is 1.93. The molecule has 19 heavy (non-hydrogen) atoms. The minimum absolute atomic E-state index is 0.229. The van der Waals surface area contributed by atoms with E-state index in [1.165, 1.54) is 0 Å². The van der Waals surface area contributed by atoms with Gasteiger partial charge in [-0.3, -0.25) is 4.79 Å². The lowest BCUT2D eigenvalue weighted by atomic mass is 9.77. The third-order valence-corrected chi connectivity index (χ3v) is 4.06. The highest BCUT2D eigenvalue weighted by Crippen LogP contribution is 2.30. The lowest BCUT2D eigenvalue weighted by Gasteiger charge is -2.32. The Morgan fingerprint density at radius 3 is 2.89 bits per heavy atom. The van der Waals surface area contributed by atoms with E-state index in [0.29, 0.717) is 12.2 Å². The van der Waals surface area contributed by atoms with E-state index >= 15 is 0 Å². The number of ether oxygens (including phenoxy) is 1. The molecule has 3 heteroatoms. The molecule has 1 N–H and O–H groups in total. The fourth-order valence-corrected chi connectivity index (χ4v) is 2.73. The molecule has 0 spiro atoms. The first-order valence-electron chi connectivity index (χ1n) is 6.93. The van der Waals surface area contributed by atoms with Crippen molar-refractivity contribution in [3.05, 3.63) is 29.3 Å². The van der Waals surface area contributed by atoms with Crippen LogP contribution in [-0.4, -0.2) is 26.0 Å². The van der Waals surface area contributed by atoms with Gasteiger partial charge in [-0.25, -0.2) is 0 Å². The predicted octanol–water partition coefficient (Wildman–Crippen LogP) is 2.50. The Balaban J connectivity index is 2.16. The summed E-state index contributed by atoms with van der Waals surface area (Å²) in [7, 11) is 1.66. The summed E-state index contributed by atoms with van der Waals surface area (Å²) in [6.07, 6.45) is 2.52. The zero-order valence-electron chi connectivity index (χ0n) is 12.1. The van der Waals surface area contributed by atoms with Crippen molar-refractivity contribution in [2.45, 2.75) is 33.1 Å². The van der Waals surface area contributed by atoms with Crippen molar-refractivity contribution in [3.63, 3.8) is 0 Å². The smallest absolute Gasteiger partial charge is 0.144 e. The van der Waals surface area contributed by atoms with E-state index in [4.69, 9.17) is 4.74 Å². The minimum Gasteiger partial charge on any atom is -0.496 e. The largest absolute Gasteiger partial charge is 0.496 e. The van der Waals surface area contributed by atoms with Crippen LogP contribution in [0.4, 0.5) is 0 Å². The lowest BCUT2D eigenvalue weighted by Crippen LogP contribution is -2.44. The quantitative estimate of drug-likeness (QED) is 0.905. The highest BCUT2D eigenvalue weighted by atomic mass is 16.5. The van der Waals surface area contributed by atoms with Gasteiger partial charge in [-0.2, -0.15) is 0 Å². The van der Waals surface area contributed by atoms with Crippen LogP contribution in [-0.2, 0) is 11.2 Å². The molecule has 2 rings (SSSR count). The molecule has 1 heterocycles. The highest BCUT2D eigenvalue weighted by molar-refractivity contribution is 5.87. The summed E-state index contributed by atoms with van der Waals surface area (Å²) in [5.74, 6) is 1.12. The molecule has 1 unspecified atom stereocenters. The maximum atomic E-state index is 12.6. The van der Waals surface area contributed by atoms with E-state index in [1.54, 1.807) is 7.11 Å². The Bertz CT molecular complexity index is 462. The van der Waals surface area contributed by atoms with Gasteiger partial charge in [0, 0.05) is 23.9 Å². The lowest BCUT2D eigenvalue weighted by molar-refractivity contribution is -0.128. The van der Waals surface area contributed by atoms with Crippen LogP contribution in [0.2, 0.25) is 0 Å². The molecule has 104 valence electrons. The van der Waals surface area contributed by atoms with Gasteiger partial charge in [0.1, 0.15) is 11.5 Å². The number of nitrogens with one attached hydrogen (secondary N) is 1. The topological polar surface area (TPSA) is 38.3 Å². The Morgan fingerprint density at radius 2 is 2.26 bits per heavy atom. The minimum atomic E-state index is -0.229. The van der Waals surface area contributed by atoms with Gasteiger partial charge in [-0.1, -0.05) is 24.6 Å². The predicted molar refractivity (Wildman–Crippen MR) is 76.7 cm³/mol. The van der Waals surface area contributed by atoms with Crippen LogP contribution in [0.1, 0.15) is 30.9 Å². The van der Waals surface area contributed by atoms with Gasteiger partial charge in [0.25, 0.3) is 0 Å². The van der Waals surface area contributed by atoms with Crippen molar-refractivity contribution < 1.29 is 9.53 Å². The fraction of sp³-hybridized carbons (Fsp3) is 0.562.